The molecule has 0 aromatic heterocycles. The van der Waals surface area contributed by atoms with Gasteiger partial charge in [-0.05, 0) is 26.2 Å². The van der Waals surface area contributed by atoms with E-state index in [4.69, 9.17) is 4.74 Å². The predicted molar refractivity (Wildman–Crippen MR) is 58.2 cm³/mol. The smallest absolute Gasteiger partial charge is 0.407 e. The number of hydrogen-bond acceptors (Lipinski definition) is 2. The van der Waals surface area contributed by atoms with Crippen molar-refractivity contribution in [2.24, 2.45) is 5.41 Å². The molecular formula is C11H21NO2. The molecule has 0 atom stereocenters. The maximum absolute atomic E-state index is 11.3. The van der Waals surface area contributed by atoms with Gasteiger partial charge in [0.25, 0.3) is 0 Å². The molecule has 0 fully saturated rings. The van der Waals surface area contributed by atoms with Gasteiger partial charge in [-0.15, -0.1) is 6.58 Å². The Bertz CT molecular complexity index is 214. The third-order valence-electron chi connectivity index (χ3n) is 1.64. The molecule has 82 valence electrons. The highest BCUT2D eigenvalue weighted by Crippen LogP contribution is 2.14. The van der Waals surface area contributed by atoms with Gasteiger partial charge in [0.05, 0.1) is 0 Å². The van der Waals surface area contributed by atoms with Crippen LogP contribution in [0.3, 0.4) is 0 Å². The molecule has 0 heterocycles. The van der Waals surface area contributed by atoms with Gasteiger partial charge >= 0.3 is 6.09 Å². The van der Waals surface area contributed by atoms with Crippen molar-refractivity contribution in [3.05, 3.63) is 12.7 Å². The van der Waals surface area contributed by atoms with E-state index >= 15 is 0 Å². The summed E-state index contributed by atoms with van der Waals surface area (Å²) in [6, 6.07) is 0. The molecule has 0 saturated carbocycles. The summed E-state index contributed by atoms with van der Waals surface area (Å²) in [5, 5.41) is 2.70. The van der Waals surface area contributed by atoms with E-state index in [-0.39, 0.29) is 11.5 Å². The Kier molecular flexibility index (Phi) is 4.17. The van der Waals surface area contributed by atoms with Crippen LogP contribution in [0.1, 0.15) is 34.6 Å². The zero-order chi connectivity index (χ0) is 11.4. The fraction of sp³-hybridized carbons (Fsp3) is 0.727. The van der Waals surface area contributed by atoms with Gasteiger partial charge in [-0.1, -0.05) is 19.9 Å². The van der Waals surface area contributed by atoms with Gasteiger partial charge in [0.2, 0.25) is 0 Å². The number of hydrogen-bond donors (Lipinski definition) is 1. The third-order valence-corrected chi connectivity index (χ3v) is 1.64. The number of nitrogens with one attached hydrogen (secondary N) is 1. The quantitative estimate of drug-likeness (QED) is 0.710. The van der Waals surface area contributed by atoms with Crippen molar-refractivity contribution in [2.75, 3.05) is 6.54 Å². The molecule has 0 aromatic rings. The normalized spacial score (nSPS) is 12.1. The summed E-state index contributed by atoms with van der Waals surface area (Å²) < 4.78 is 5.09. The van der Waals surface area contributed by atoms with Crippen molar-refractivity contribution in [1.29, 1.82) is 0 Å². The van der Waals surface area contributed by atoms with Crippen molar-refractivity contribution < 1.29 is 9.53 Å². The molecule has 14 heavy (non-hydrogen) atoms. The van der Waals surface area contributed by atoms with E-state index in [1.54, 1.807) is 0 Å². The van der Waals surface area contributed by atoms with Gasteiger partial charge in [0, 0.05) is 6.54 Å². The summed E-state index contributed by atoms with van der Waals surface area (Å²) in [6.07, 6.45) is 1.43. The molecule has 1 N–H and O–H groups in total. The lowest BCUT2D eigenvalue weighted by atomic mass is 9.94. The number of amides is 1. The minimum absolute atomic E-state index is 0.100. The number of alkyl carbamates (subject to hydrolysis) is 1. The first kappa shape index (κ1) is 13.0. The topological polar surface area (TPSA) is 38.3 Å². The third kappa shape index (κ3) is 6.52. The molecule has 0 aliphatic heterocycles. The fourth-order valence-corrected chi connectivity index (χ4v) is 0.686. The first-order chi connectivity index (χ1) is 6.16. The van der Waals surface area contributed by atoms with Crippen LogP contribution in [-0.4, -0.2) is 18.2 Å². The Morgan fingerprint density at radius 1 is 1.36 bits per heavy atom. The van der Waals surface area contributed by atoms with Crippen LogP contribution in [0, 0.1) is 5.41 Å². The van der Waals surface area contributed by atoms with E-state index in [1.165, 1.54) is 0 Å². The zero-order valence-electron chi connectivity index (χ0n) is 9.81. The highest BCUT2D eigenvalue weighted by Gasteiger charge is 2.19. The second-order valence-corrected chi connectivity index (χ2v) is 5.05. The second-order valence-electron chi connectivity index (χ2n) is 5.05. The average molecular weight is 199 g/mol. The van der Waals surface area contributed by atoms with Gasteiger partial charge in [-0.2, -0.15) is 0 Å². The first-order valence-electron chi connectivity index (χ1n) is 4.77. The van der Waals surface area contributed by atoms with Crippen molar-refractivity contribution in [3.8, 4) is 0 Å². The van der Waals surface area contributed by atoms with Crippen molar-refractivity contribution in [2.45, 2.75) is 40.2 Å². The van der Waals surface area contributed by atoms with E-state index in [0.29, 0.717) is 6.54 Å². The molecule has 0 radical (unpaired) electrons. The van der Waals surface area contributed by atoms with Crippen LogP contribution in [0.15, 0.2) is 12.7 Å². The van der Waals surface area contributed by atoms with Crippen LogP contribution < -0.4 is 5.32 Å². The lowest BCUT2D eigenvalue weighted by Gasteiger charge is -2.23. The van der Waals surface area contributed by atoms with E-state index in [9.17, 15) is 4.79 Å². The maximum Gasteiger partial charge on any atom is 0.407 e. The Morgan fingerprint density at radius 2 is 1.86 bits per heavy atom. The summed E-state index contributed by atoms with van der Waals surface area (Å²) >= 11 is 0. The SMILES string of the molecule is C=CC(C)(C)CNC(=O)OC(C)(C)C. The van der Waals surface area contributed by atoms with Crippen LogP contribution in [0.5, 0.6) is 0 Å². The summed E-state index contributed by atoms with van der Waals surface area (Å²) in [7, 11) is 0. The van der Waals surface area contributed by atoms with Gasteiger partial charge in [0.1, 0.15) is 5.60 Å². The molecule has 0 bridgehead atoms. The molecule has 0 aliphatic rings. The first-order valence-corrected chi connectivity index (χ1v) is 4.77. The van der Waals surface area contributed by atoms with Crippen LogP contribution in [0.4, 0.5) is 4.79 Å². The molecule has 0 spiro atoms. The van der Waals surface area contributed by atoms with E-state index in [0.717, 1.165) is 0 Å². The van der Waals surface area contributed by atoms with Crippen LogP contribution in [-0.2, 0) is 4.74 Å². The van der Waals surface area contributed by atoms with Crippen LogP contribution in [0.2, 0.25) is 0 Å². The Balaban J connectivity index is 3.93. The van der Waals surface area contributed by atoms with Crippen molar-refractivity contribution in [3.63, 3.8) is 0 Å². The molecule has 3 heteroatoms. The largest absolute Gasteiger partial charge is 0.444 e. The highest BCUT2D eigenvalue weighted by molar-refractivity contribution is 5.67. The van der Waals surface area contributed by atoms with Gasteiger partial charge in [0.15, 0.2) is 0 Å². The molecule has 0 rings (SSSR count). The van der Waals surface area contributed by atoms with Crippen LogP contribution >= 0.6 is 0 Å². The fourth-order valence-electron chi connectivity index (χ4n) is 0.686. The Labute approximate surface area is 86.5 Å². The minimum atomic E-state index is -0.442. The Morgan fingerprint density at radius 3 is 2.21 bits per heavy atom. The zero-order valence-corrected chi connectivity index (χ0v) is 9.81. The standard InChI is InChI=1S/C11H21NO2/c1-7-11(5,6)8-12-9(13)14-10(2,3)4/h7H,1,8H2,2-6H3,(H,12,13). The monoisotopic (exact) mass is 199 g/mol. The average Bonchev–Trinajstić information content (AvgIpc) is 1.98. The summed E-state index contributed by atoms with van der Waals surface area (Å²) in [5.74, 6) is 0. The van der Waals surface area contributed by atoms with Crippen molar-refractivity contribution >= 4 is 6.09 Å². The maximum atomic E-state index is 11.3. The Hall–Kier alpha value is -0.990. The molecule has 1 amide bonds. The van der Waals surface area contributed by atoms with Gasteiger partial charge in [-0.25, -0.2) is 4.79 Å². The number of ether oxygens (including phenoxy) is 1. The van der Waals surface area contributed by atoms with E-state index < -0.39 is 5.60 Å². The van der Waals surface area contributed by atoms with E-state index in [1.807, 2.05) is 40.7 Å². The molecule has 0 unspecified atom stereocenters. The number of carbonyl (C=O) groups excluding carboxylic acids is 1. The minimum Gasteiger partial charge on any atom is -0.444 e. The molecule has 3 nitrogen and oxygen atoms in total. The summed E-state index contributed by atoms with van der Waals surface area (Å²) in [4.78, 5) is 11.3. The lowest BCUT2D eigenvalue weighted by molar-refractivity contribution is 0.0514. The van der Waals surface area contributed by atoms with Gasteiger partial charge in [-0.3, -0.25) is 0 Å². The molecular weight excluding hydrogens is 178 g/mol. The van der Waals surface area contributed by atoms with E-state index in [2.05, 4.69) is 11.9 Å². The van der Waals surface area contributed by atoms with Gasteiger partial charge < -0.3 is 10.1 Å². The highest BCUT2D eigenvalue weighted by atomic mass is 16.6. The molecule has 0 aliphatic carbocycles. The van der Waals surface area contributed by atoms with Crippen LogP contribution in [0.25, 0.3) is 0 Å². The number of rotatable bonds is 3. The lowest BCUT2D eigenvalue weighted by Crippen LogP contribution is -2.37. The molecule has 0 aromatic carbocycles. The van der Waals surface area contributed by atoms with Crippen molar-refractivity contribution in [1.82, 2.24) is 5.32 Å². The summed E-state index contributed by atoms with van der Waals surface area (Å²) in [6.45, 7) is 13.7. The second kappa shape index (κ2) is 4.49. The molecule has 0 saturated heterocycles. The summed E-state index contributed by atoms with van der Waals surface area (Å²) in [5.41, 5.74) is -0.542. The number of carbonyl (C=O) groups is 1. The predicted octanol–water partition coefficient (Wildman–Crippen LogP) is 2.72.